The number of carbonyl (C=O) groups excluding carboxylic acids is 1. The Labute approximate surface area is 110 Å². The highest BCUT2D eigenvalue weighted by Gasteiger charge is 2.35. The zero-order valence-electron chi connectivity index (χ0n) is 10.4. The van der Waals surface area contributed by atoms with Gasteiger partial charge in [-0.2, -0.15) is 0 Å². The van der Waals surface area contributed by atoms with Crippen molar-refractivity contribution in [1.29, 1.82) is 0 Å². The predicted molar refractivity (Wildman–Crippen MR) is 68.7 cm³/mol. The van der Waals surface area contributed by atoms with Gasteiger partial charge in [0.25, 0.3) is 0 Å². The van der Waals surface area contributed by atoms with Gasteiger partial charge < -0.3 is 4.74 Å². The minimum absolute atomic E-state index is 0.242. The summed E-state index contributed by atoms with van der Waals surface area (Å²) in [5.41, 5.74) is 0. The van der Waals surface area contributed by atoms with Crippen LogP contribution in [0.2, 0.25) is 0 Å². The van der Waals surface area contributed by atoms with E-state index < -0.39 is 9.37 Å². The zero-order chi connectivity index (χ0) is 13.3. The van der Waals surface area contributed by atoms with E-state index in [1.165, 1.54) is 13.3 Å². The number of nitro groups is 1. The highest BCUT2D eigenvalue weighted by molar-refractivity contribution is 9.10. The van der Waals surface area contributed by atoms with Gasteiger partial charge in [-0.1, -0.05) is 32.6 Å². The van der Waals surface area contributed by atoms with Crippen LogP contribution in [0.5, 0.6) is 0 Å². The van der Waals surface area contributed by atoms with Gasteiger partial charge in [-0.05, 0) is 6.42 Å². The minimum Gasteiger partial charge on any atom is -0.457 e. The van der Waals surface area contributed by atoms with Crippen molar-refractivity contribution in [3.05, 3.63) is 10.1 Å². The highest BCUT2D eigenvalue weighted by atomic mass is 79.9. The summed E-state index contributed by atoms with van der Waals surface area (Å²) in [7, 11) is 0. The quantitative estimate of drug-likeness (QED) is 0.164. The number of hydrogen-bond acceptors (Lipinski definition) is 4. The SMILES string of the molecule is CCCCCCCC(=O)OCC(C)(Br)[N+](=O)[O-]. The fourth-order valence-electron chi connectivity index (χ4n) is 1.21. The van der Waals surface area contributed by atoms with Crippen LogP contribution in [0.1, 0.15) is 52.4 Å². The molecule has 0 radical (unpaired) electrons. The van der Waals surface area contributed by atoms with Gasteiger partial charge in [-0.3, -0.25) is 14.9 Å². The third kappa shape index (κ3) is 8.12. The van der Waals surface area contributed by atoms with Gasteiger partial charge in [0.15, 0.2) is 6.61 Å². The Morgan fingerprint density at radius 3 is 2.47 bits per heavy atom. The number of nitrogens with zero attached hydrogens (tertiary/aromatic N) is 1. The highest BCUT2D eigenvalue weighted by Crippen LogP contribution is 2.18. The van der Waals surface area contributed by atoms with Gasteiger partial charge in [0, 0.05) is 34.2 Å². The van der Waals surface area contributed by atoms with Crippen LogP contribution >= 0.6 is 15.9 Å². The number of unbranched alkanes of at least 4 members (excludes halogenated alkanes) is 4. The number of halogens is 1. The number of ether oxygens (including phenoxy) is 1. The van der Waals surface area contributed by atoms with Crippen LogP contribution in [0.4, 0.5) is 0 Å². The number of esters is 1. The van der Waals surface area contributed by atoms with E-state index in [4.69, 9.17) is 4.74 Å². The molecule has 0 spiro atoms. The lowest BCUT2D eigenvalue weighted by Crippen LogP contribution is -2.33. The molecule has 0 rings (SSSR count). The predicted octanol–water partition coefficient (Wildman–Crippen LogP) is 3.28. The maximum Gasteiger partial charge on any atom is 0.306 e. The summed E-state index contributed by atoms with van der Waals surface area (Å²) in [5.74, 6) is -0.367. The van der Waals surface area contributed by atoms with E-state index in [-0.39, 0.29) is 12.6 Å². The van der Waals surface area contributed by atoms with Crippen LogP contribution < -0.4 is 0 Å². The number of carbonyl (C=O) groups is 1. The fraction of sp³-hybridized carbons (Fsp3) is 0.909. The van der Waals surface area contributed by atoms with Crippen molar-refractivity contribution in [2.75, 3.05) is 6.61 Å². The van der Waals surface area contributed by atoms with Gasteiger partial charge >= 0.3 is 10.4 Å². The Bertz CT molecular complexity index is 256. The van der Waals surface area contributed by atoms with Crippen molar-refractivity contribution < 1.29 is 14.5 Å². The first-order valence-electron chi connectivity index (χ1n) is 5.89. The summed E-state index contributed by atoms with van der Waals surface area (Å²) in [6, 6.07) is 0. The van der Waals surface area contributed by atoms with Crippen LogP contribution in [0.3, 0.4) is 0 Å². The van der Waals surface area contributed by atoms with Crippen LogP contribution in [0.15, 0.2) is 0 Å². The third-order valence-electron chi connectivity index (χ3n) is 2.36. The molecule has 0 bridgehead atoms. The molecule has 0 aliphatic rings. The molecule has 5 nitrogen and oxygen atoms in total. The second-order valence-corrected chi connectivity index (χ2v) is 5.93. The van der Waals surface area contributed by atoms with E-state index in [9.17, 15) is 14.9 Å². The molecule has 1 atom stereocenters. The lowest BCUT2D eigenvalue weighted by Gasteiger charge is -2.13. The van der Waals surface area contributed by atoms with E-state index in [1.54, 1.807) is 0 Å². The van der Waals surface area contributed by atoms with Crippen LogP contribution in [0, 0.1) is 10.1 Å². The number of hydrogen-bond donors (Lipinski definition) is 0. The first kappa shape index (κ1) is 16.4. The molecule has 6 heteroatoms. The van der Waals surface area contributed by atoms with Crippen molar-refractivity contribution in [3.8, 4) is 0 Å². The van der Waals surface area contributed by atoms with Crippen LogP contribution in [0.25, 0.3) is 0 Å². The van der Waals surface area contributed by atoms with E-state index >= 15 is 0 Å². The molecule has 0 N–H and O–H groups in total. The maximum atomic E-state index is 11.3. The smallest absolute Gasteiger partial charge is 0.306 e. The average molecular weight is 310 g/mol. The van der Waals surface area contributed by atoms with Crippen LogP contribution in [-0.2, 0) is 9.53 Å². The lowest BCUT2D eigenvalue weighted by atomic mass is 10.1. The summed E-state index contributed by atoms with van der Waals surface area (Å²) in [6.07, 6.45) is 5.59. The second kappa shape index (κ2) is 8.44. The van der Waals surface area contributed by atoms with Gasteiger partial charge in [0.1, 0.15) is 0 Å². The molecule has 0 saturated heterocycles. The van der Waals surface area contributed by atoms with Crippen molar-refractivity contribution >= 4 is 21.9 Å². The summed E-state index contributed by atoms with van der Waals surface area (Å²) in [4.78, 5) is 21.3. The first-order valence-corrected chi connectivity index (χ1v) is 6.68. The van der Waals surface area contributed by atoms with Crippen molar-refractivity contribution in [3.63, 3.8) is 0 Å². The van der Waals surface area contributed by atoms with Crippen LogP contribution in [-0.4, -0.2) is 21.9 Å². The first-order chi connectivity index (χ1) is 7.90. The van der Waals surface area contributed by atoms with E-state index in [0.717, 1.165) is 25.7 Å². The van der Waals surface area contributed by atoms with E-state index in [2.05, 4.69) is 22.9 Å². The van der Waals surface area contributed by atoms with E-state index in [0.29, 0.717) is 6.42 Å². The molecule has 0 saturated carbocycles. The Hall–Kier alpha value is -0.650. The Morgan fingerprint density at radius 2 is 1.94 bits per heavy atom. The summed E-state index contributed by atoms with van der Waals surface area (Å²) in [5, 5.41) is 10.5. The van der Waals surface area contributed by atoms with Gasteiger partial charge in [-0.25, -0.2) is 0 Å². The molecule has 0 aliphatic carbocycles. The van der Waals surface area contributed by atoms with Crippen molar-refractivity contribution in [2.24, 2.45) is 0 Å². The minimum atomic E-state index is -1.38. The molecular formula is C11H20BrNO4. The summed E-state index contributed by atoms with van der Waals surface area (Å²) < 4.78 is 3.46. The average Bonchev–Trinajstić information content (AvgIpc) is 2.26. The number of alkyl halides is 1. The zero-order valence-corrected chi connectivity index (χ0v) is 12.0. The molecule has 0 aliphatic heterocycles. The Balaban J connectivity index is 3.63. The van der Waals surface area contributed by atoms with Crippen molar-refractivity contribution in [2.45, 2.75) is 56.8 Å². The van der Waals surface area contributed by atoms with Gasteiger partial charge in [-0.15, -0.1) is 0 Å². The molecule has 1 unspecified atom stereocenters. The van der Waals surface area contributed by atoms with E-state index in [1.807, 2.05) is 0 Å². The molecule has 100 valence electrons. The molecule has 0 heterocycles. The molecule has 0 fully saturated rings. The topological polar surface area (TPSA) is 69.4 Å². The fourth-order valence-corrected chi connectivity index (χ4v) is 1.32. The standard InChI is InChI=1S/C11H20BrNO4/c1-3-4-5-6-7-8-10(14)17-9-11(2,12)13(15)16/h3-9H2,1-2H3. The summed E-state index contributed by atoms with van der Waals surface area (Å²) in [6.45, 7) is 3.25. The molecule has 0 aromatic carbocycles. The molecule has 0 aromatic rings. The molecular weight excluding hydrogens is 290 g/mol. The Kier molecular flexibility index (Phi) is 8.12. The Morgan fingerprint density at radius 1 is 1.35 bits per heavy atom. The van der Waals surface area contributed by atoms with Gasteiger partial charge in [0.05, 0.1) is 0 Å². The maximum absolute atomic E-state index is 11.3. The third-order valence-corrected chi connectivity index (χ3v) is 2.88. The van der Waals surface area contributed by atoms with Gasteiger partial charge in [0.2, 0.25) is 0 Å². The van der Waals surface area contributed by atoms with Crippen molar-refractivity contribution in [1.82, 2.24) is 0 Å². The number of rotatable bonds is 9. The summed E-state index contributed by atoms with van der Waals surface area (Å²) >= 11 is 2.90. The lowest BCUT2D eigenvalue weighted by molar-refractivity contribution is -0.533. The normalized spacial score (nSPS) is 14.1. The molecule has 0 amide bonds. The largest absolute Gasteiger partial charge is 0.457 e. The molecule has 0 aromatic heterocycles. The second-order valence-electron chi connectivity index (χ2n) is 4.22. The molecule has 17 heavy (non-hydrogen) atoms. The monoisotopic (exact) mass is 309 g/mol.